The van der Waals surface area contributed by atoms with Crippen LogP contribution in [0.2, 0.25) is 0 Å². The molecule has 1 aromatic rings. The lowest BCUT2D eigenvalue weighted by molar-refractivity contribution is -0.274. The first-order valence-corrected chi connectivity index (χ1v) is 6.35. The summed E-state index contributed by atoms with van der Waals surface area (Å²) in [7, 11) is 0. The summed E-state index contributed by atoms with van der Waals surface area (Å²) in [6, 6.07) is 5.30. The van der Waals surface area contributed by atoms with Crippen LogP contribution in [0.5, 0.6) is 5.75 Å². The summed E-state index contributed by atoms with van der Waals surface area (Å²) in [5, 5.41) is 0. The van der Waals surface area contributed by atoms with Gasteiger partial charge in [-0.3, -0.25) is 4.79 Å². The van der Waals surface area contributed by atoms with Gasteiger partial charge < -0.3 is 9.47 Å². The van der Waals surface area contributed by atoms with Gasteiger partial charge in [0.2, 0.25) is 0 Å². The average Bonchev–Trinajstić information content (AvgIpc) is 2.35. The van der Waals surface area contributed by atoms with Crippen LogP contribution in [0, 0.1) is 0 Å². The summed E-state index contributed by atoms with van der Waals surface area (Å²) in [5.74, 6) is -0.300. The minimum atomic E-state index is -4.70. The van der Waals surface area contributed by atoms with Gasteiger partial charge in [-0.05, 0) is 24.1 Å². The van der Waals surface area contributed by atoms with E-state index in [4.69, 9.17) is 4.74 Å². The van der Waals surface area contributed by atoms with Crippen molar-refractivity contribution in [3.63, 3.8) is 0 Å². The number of hydrogen-bond donors (Lipinski definition) is 0. The van der Waals surface area contributed by atoms with Crippen molar-refractivity contribution in [2.75, 3.05) is 13.2 Å². The third-order valence-electron chi connectivity index (χ3n) is 2.43. The topological polar surface area (TPSA) is 35.5 Å². The van der Waals surface area contributed by atoms with Crippen LogP contribution in [-0.4, -0.2) is 25.4 Å². The molecule has 0 saturated heterocycles. The van der Waals surface area contributed by atoms with Gasteiger partial charge in [0.15, 0.2) is 0 Å². The highest BCUT2D eigenvalue weighted by Gasteiger charge is 2.30. The zero-order valence-corrected chi connectivity index (χ0v) is 11.2. The Labute approximate surface area is 115 Å². The molecule has 0 radical (unpaired) electrons. The Bertz CT molecular complexity index is 413. The molecule has 3 nitrogen and oxygen atoms in total. The molecular formula is C14H17F3O3. The predicted octanol–water partition coefficient (Wildman–Crippen LogP) is 3.51. The SMILES string of the molecule is CCCOCCC(=O)Cc1ccc(OC(F)(F)F)cc1. The zero-order chi connectivity index (χ0) is 15.0. The molecule has 0 aliphatic heterocycles. The van der Waals surface area contributed by atoms with Crippen molar-refractivity contribution in [2.24, 2.45) is 0 Å². The third kappa shape index (κ3) is 7.13. The van der Waals surface area contributed by atoms with Crippen LogP contribution in [0.25, 0.3) is 0 Å². The second-order valence-corrected chi connectivity index (χ2v) is 4.27. The van der Waals surface area contributed by atoms with Crippen molar-refractivity contribution < 1.29 is 27.4 Å². The second kappa shape index (κ2) is 7.89. The monoisotopic (exact) mass is 290 g/mol. The molecule has 0 aliphatic rings. The maximum absolute atomic E-state index is 12.0. The van der Waals surface area contributed by atoms with Crippen molar-refractivity contribution in [1.29, 1.82) is 0 Å². The normalized spacial score (nSPS) is 11.4. The number of ketones is 1. The first kappa shape index (κ1) is 16.5. The largest absolute Gasteiger partial charge is 0.573 e. The fourth-order valence-corrected chi connectivity index (χ4v) is 1.56. The Kier molecular flexibility index (Phi) is 6.51. The summed E-state index contributed by atoms with van der Waals surface area (Å²) >= 11 is 0. The third-order valence-corrected chi connectivity index (χ3v) is 2.43. The molecule has 0 atom stereocenters. The Morgan fingerprint density at radius 2 is 1.80 bits per heavy atom. The van der Waals surface area contributed by atoms with E-state index in [1.54, 1.807) is 0 Å². The van der Waals surface area contributed by atoms with Gasteiger partial charge in [0.1, 0.15) is 11.5 Å². The molecule has 0 unspecified atom stereocenters. The van der Waals surface area contributed by atoms with Gasteiger partial charge in [-0.25, -0.2) is 0 Å². The van der Waals surface area contributed by atoms with Gasteiger partial charge in [-0.2, -0.15) is 0 Å². The van der Waals surface area contributed by atoms with Crippen LogP contribution in [-0.2, 0) is 16.0 Å². The summed E-state index contributed by atoms with van der Waals surface area (Å²) in [6.07, 6.45) is -3.31. The summed E-state index contributed by atoms with van der Waals surface area (Å²) < 4.78 is 44.8. The van der Waals surface area contributed by atoms with E-state index in [0.29, 0.717) is 25.2 Å². The Morgan fingerprint density at radius 1 is 1.15 bits per heavy atom. The molecule has 0 aromatic heterocycles. The number of carbonyl (C=O) groups is 1. The van der Waals surface area contributed by atoms with E-state index in [1.165, 1.54) is 24.3 Å². The fraction of sp³-hybridized carbons (Fsp3) is 0.500. The van der Waals surface area contributed by atoms with Gasteiger partial charge in [-0.1, -0.05) is 19.1 Å². The van der Waals surface area contributed by atoms with Crippen molar-refractivity contribution >= 4 is 5.78 Å². The van der Waals surface area contributed by atoms with E-state index in [0.717, 1.165) is 6.42 Å². The van der Waals surface area contributed by atoms with E-state index in [1.807, 2.05) is 6.92 Å². The standard InChI is InChI=1S/C14H17F3O3/c1-2-8-19-9-7-12(18)10-11-3-5-13(6-4-11)20-14(15,16)17/h3-6H,2,7-10H2,1H3. The van der Waals surface area contributed by atoms with E-state index in [9.17, 15) is 18.0 Å². The minimum absolute atomic E-state index is 0.00871. The van der Waals surface area contributed by atoms with Crippen molar-refractivity contribution in [3.8, 4) is 5.75 Å². The molecule has 1 rings (SSSR count). The molecule has 0 fully saturated rings. The van der Waals surface area contributed by atoms with Crippen LogP contribution >= 0.6 is 0 Å². The molecule has 0 amide bonds. The lowest BCUT2D eigenvalue weighted by atomic mass is 10.1. The van der Waals surface area contributed by atoms with Crippen LogP contribution in [0.3, 0.4) is 0 Å². The number of alkyl halides is 3. The number of benzene rings is 1. The molecule has 20 heavy (non-hydrogen) atoms. The zero-order valence-electron chi connectivity index (χ0n) is 11.2. The fourth-order valence-electron chi connectivity index (χ4n) is 1.56. The first-order chi connectivity index (χ1) is 9.40. The molecule has 1 aromatic carbocycles. The molecule has 0 heterocycles. The molecule has 0 saturated carbocycles. The molecule has 0 bridgehead atoms. The van der Waals surface area contributed by atoms with E-state index < -0.39 is 6.36 Å². The number of hydrogen-bond acceptors (Lipinski definition) is 3. The summed E-state index contributed by atoms with van der Waals surface area (Å²) in [4.78, 5) is 11.6. The lowest BCUT2D eigenvalue weighted by Gasteiger charge is -2.09. The van der Waals surface area contributed by atoms with E-state index in [2.05, 4.69) is 4.74 Å². The number of Topliss-reactive ketones (excluding diaryl/α,β-unsaturated/α-hetero) is 1. The van der Waals surface area contributed by atoms with Crippen molar-refractivity contribution in [1.82, 2.24) is 0 Å². The molecule has 6 heteroatoms. The summed E-state index contributed by atoms with van der Waals surface area (Å²) in [6.45, 7) is 2.98. The van der Waals surface area contributed by atoms with E-state index in [-0.39, 0.29) is 18.0 Å². The minimum Gasteiger partial charge on any atom is -0.406 e. The van der Waals surface area contributed by atoms with Gasteiger partial charge in [-0.15, -0.1) is 13.2 Å². The molecule has 0 N–H and O–H groups in total. The van der Waals surface area contributed by atoms with Gasteiger partial charge >= 0.3 is 6.36 Å². The highest BCUT2D eigenvalue weighted by molar-refractivity contribution is 5.80. The number of carbonyl (C=O) groups excluding carboxylic acids is 1. The Morgan fingerprint density at radius 3 is 2.35 bits per heavy atom. The van der Waals surface area contributed by atoms with Gasteiger partial charge in [0.25, 0.3) is 0 Å². The average molecular weight is 290 g/mol. The maximum atomic E-state index is 12.0. The molecular weight excluding hydrogens is 273 g/mol. The quantitative estimate of drug-likeness (QED) is 0.687. The van der Waals surface area contributed by atoms with E-state index >= 15 is 0 Å². The highest BCUT2D eigenvalue weighted by Crippen LogP contribution is 2.22. The number of halogens is 3. The Balaban J connectivity index is 2.39. The van der Waals surface area contributed by atoms with Crippen molar-refractivity contribution in [3.05, 3.63) is 29.8 Å². The number of rotatable bonds is 8. The van der Waals surface area contributed by atoms with Crippen LogP contribution in [0.15, 0.2) is 24.3 Å². The maximum Gasteiger partial charge on any atom is 0.573 e. The van der Waals surface area contributed by atoms with Gasteiger partial charge in [0, 0.05) is 19.4 Å². The summed E-state index contributed by atoms with van der Waals surface area (Å²) in [5.41, 5.74) is 0.653. The molecule has 112 valence electrons. The highest BCUT2D eigenvalue weighted by atomic mass is 19.4. The molecule has 0 spiro atoms. The lowest BCUT2D eigenvalue weighted by Crippen LogP contribution is -2.17. The van der Waals surface area contributed by atoms with Crippen LogP contribution in [0.4, 0.5) is 13.2 Å². The van der Waals surface area contributed by atoms with Gasteiger partial charge in [0.05, 0.1) is 6.61 Å². The Hall–Kier alpha value is -1.56. The van der Waals surface area contributed by atoms with Crippen molar-refractivity contribution in [2.45, 2.75) is 32.5 Å². The number of ether oxygens (including phenoxy) is 2. The second-order valence-electron chi connectivity index (χ2n) is 4.27. The smallest absolute Gasteiger partial charge is 0.406 e. The predicted molar refractivity (Wildman–Crippen MR) is 67.6 cm³/mol. The van der Waals surface area contributed by atoms with Crippen LogP contribution < -0.4 is 4.74 Å². The first-order valence-electron chi connectivity index (χ1n) is 6.35. The molecule has 0 aliphatic carbocycles. The van der Waals surface area contributed by atoms with Crippen LogP contribution in [0.1, 0.15) is 25.3 Å².